The number of likely N-dealkylation sites (N-methyl/N-ethyl adjacent to an activating group) is 1. The molecule has 5 nitrogen and oxygen atoms in total. The summed E-state index contributed by atoms with van der Waals surface area (Å²) in [7, 11) is 4.17. The maximum atomic E-state index is 4.90. The molecule has 3 rings (SSSR count). The summed E-state index contributed by atoms with van der Waals surface area (Å²) in [5.41, 5.74) is 2.93. The second kappa shape index (κ2) is 7.85. The zero-order chi connectivity index (χ0) is 19.6. The minimum absolute atomic E-state index is 0.0936. The fourth-order valence-electron chi connectivity index (χ4n) is 3.68. The van der Waals surface area contributed by atoms with Crippen molar-refractivity contribution in [2.75, 3.05) is 43.9 Å². The Balaban J connectivity index is 1.90. The van der Waals surface area contributed by atoms with Crippen LogP contribution in [0.3, 0.4) is 0 Å². The zero-order valence-electron chi connectivity index (χ0n) is 17.6. The highest BCUT2D eigenvalue weighted by molar-refractivity contribution is 5.53. The van der Waals surface area contributed by atoms with Gasteiger partial charge < -0.3 is 15.1 Å². The molecule has 0 spiro atoms. The van der Waals surface area contributed by atoms with Gasteiger partial charge in [0, 0.05) is 43.6 Å². The SMILES string of the molecule is CC(C)c1nc(NCCN(C)C)cc(N2Cc3ccccc3C(C)(C)C2)n1. The van der Waals surface area contributed by atoms with E-state index in [9.17, 15) is 0 Å². The van der Waals surface area contributed by atoms with Crippen LogP contribution in [0.4, 0.5) is 11.6 Å². The number of aromatic nitrogens is 2. The lowest BCUT2D eigenvalue weighted by atomic mass is 9.78. The fraction of sp³-hybridized carbons (Fsp3) is 0.545. The van der Waals surface area contributed by atoms with Crippen molar-refractivity contribution in [2.45, 2.75) is 45.6 Å². The summed E-state index contributed by atoms with van der Waals surface area (Å²) in [5, 5.41) is 3.47. The van der Waals surface area contributed by atoms with Gasteiger partial charge in [0.05, 0.1) is 0 Å². The van der Waals surface area contributed by atoms with E-state index in [1.54, 1.807) is 0 Å². The highest BCUT2D eigenvalue weighted by atomic mass is 15.2. The van der Waals surface area contributed by atoms with Crippen LogP contribution in [-0.2, 0) is 12.0 Å². The Kier molecular flexibility index (Phi) is 5.70. The summed E-state index contributed by atoms with van der Waals surface area (Å²) in [6.45, 7) is 12.6. The third-order valence-corrected chi connectivity index (χ3v) is 5.13. The first-order valence-corrected chi connectivity index (χ1v) is 9.87. The average molecular weight is 368 g/mol. The monoisotopic (exact) mass is 367 g/mol. The fourth-order valence-corrected chi connectivity index (χ4v) is 3.68. The summed E-state index contributed by atoms with van der Waals surface area (Å²) in [5.74, 6) is 3.13. The highest BCUT2D eigenvalue weighted by Gasteiger charge is 2.32. The number of fused-ring (bicyclic) bond motifs is 1. The van der Waals surface area contributed by atoms with E-state index >= 15 is 0 Å². The Labute approximate surface area is 163 Å². The lowest BCUT2D eigenvalue weighted by Gasteiger charge is -2.40. The molecular formula is C22H33N5. The molecule has 1 aliphatic heterocycles. The first-order chi connectivity index (χ1) is 12.8. The standard InChI is InChI=1S/C22H33N5/c1-16(2)21-24-19(23-11-12-26(5)6)13-20(25-21)27-14-17-9-7-8-10-18(17)22(3,4)15-27/h7-10,13,16H,11-12,14-15H2,1-6H3,(H,23,24,25). The molecule has 0 saturated carbocycles. The first kappa shape index (κ1) is 19.6. The van der Waals surface area contributed by atoms with Crippen molar-refractivity contribution in [3.05, 3.63) is 47.3 Å². The van der Waals surface area contributed by atoms with E-state index in [0.717, 1.165) is 43.6 Å². The lowest BCUT2D eigenvalue weighted by molar-refractivity contribution is 0.425. The van der Waals surface area contributed by atoms with Crippen molar-refractivity contribution in [1.29, 1.82) is 0 Å². The van der Waals surface area contributed by atoms with Crippen molar-refractivity contribution in [3.63, 3.8) is 0 Å². The van der Waals surface area contributed by atoms with Gasteiger partial charge in [-0.25, -0.2) is 9.97 Å². The van der Waals surface area contributed by atoms with Crippen LogP contribution >= 0.6 is 0 Å². The second-order valence-corrected chi connectivity index (χ2v) is 8.75. The summed E-state index contributed by atoms with van der Waals surface area (Å²) >= 11 is 0. The molecule has 0 saturated heterocycles. The van der Waals surface area contributed by atoms with Gasteiger partial charge >= 0.3 is 0 Å². The lowest BCUT2D eigenvalue weighted by Crippen LogP contribution is -2.42. The van der Waals surface area contributed by atoms with Gasteiger partial charge in [0.25, 0.3) is 0 Å². The van der Waals surface area contributed by atoms with E-state index in [4.69, 9.17) is 9.97 Å². The third kappa shape index (κ3) is 4.59. The van der Waals surface area contributed by atoms with Gasteiger partial charge in [-0.2, -0.15) is 0 Å². The van der Waals surface area contributed by atoms with E-state index in [2.05, 4.69) is 87.2 Å². The Bertz CT molecular complexity index is 782. The minimum Gasteiger partial charge on any atom is -0.369 e. The predicted octanol–water partition coefficient (Wildman–Crippen LogP) is 3.87. The molecule has 0 unspecified atom stereocenters. The average Bonchev–Trinajstić information content (AvgIpc) is 2.60. The minimum atomic E-state index is 0.0936. The summed E-state index contributed by atoms with van der Waals surface area (Å²) in [4.78, 5) is 14.2. The first-order valence-electron chi connectivity index (χ1n) is 9.87. The van der Waals surface area contributed by atoms with Gasteiger partial charge in [-0.05, 0) is 25.2 Å². The number of anilines is 2. The molecule has 0 radical (unpaired) electrons. The molecule has 1 aliphatic rings. The van der Waals surface area contributed by atoms with Gasteiger partial charge in [-0.3, -0.25) is 0 Å². The van der Waals surface area contributed by atoms with Crippen molar-refractivity contribution < 1.29 is 0 Å². The number of nitrogens with zero attached hydrogens (tertiary/aromatic N) is 4. The molecule has 1 aromatic carbocycles. The molecule has 1 aromatic heterocycles. The predicted molar refractivity (Wildman–Crippen MR) is 114 cm³/mol. The molecule has 0 bridgehead atoms. The summed E-state index contributed by atoms with van der Waals surface area (Å²) in [6.07, 6.45) is 0. The molecule has 1 N–H and O–H groups in total. The topological polar surface area (TPSA) is 44.3 Å². The van der Waals surface area contributed by atoms with Gasteiger partial charge in [-0.15, -0.1) is 0 Å². The molecular weight excluding hydrogens is 334 g/mol. The van der Waals surface area contributed by atoms with Crippen molar-refractivity contribution in [1.82, 2.24) is 14.9 Å². The van der Waals surface area contributed by atoms with Crippen LogP contribution in [0, 0.1) is 0 Å². The van der Waals surface area contributed by atoms with Crippen molar-refractivity contribution in [3.8, 4) is 0 Å². The van der Waals surface area contributed by atoms with Crippen LogP contribution in [0.15, 0.2) is 30.3 Å². The van der Waals surface area contributed by atoms with Gasteiger partial charge in [0.1, 0.15) is 17.5 Å². The van der Waals surface area contributed by atoms with E-state index in [1.807, 2.05) is 0 Å². The van der Waals surface area contributed by atoms with E-state index in [1.165, 1.54) is 11.1 Å². The molecule has 27 heavy (non-hydrogen) atoms. The second-order valence-electron chi connectivity index (χ2n) is 8.75. The molecule has 0 atom stereocenters. The van der Waals surface area contributed by atoms with Crippen LogP contribution in [0.2, 0.25) is 0 Å². The molecule has 0 aliphatic carbocycles. The summed E-state index contributed by atoms with van der Waals surface area (Å²) in [6, 6.07) is 10.9. The maximum absolute atomic E-state index is 4.90. The third-order valence-electron chi connectivity index (χ3n) is 5.13. The van der Waals surface area contributed by atoms with Crippen LogP contribution in [-0.4, -0.2) is 48.6 Å². The molecule has 2 heterocycles. The van der Waals surface area contributed by atoms with Crippen LogP contribution in [0.25, 0.3) is 0 Å². The number of benzene rings is 1. The Morgan fingerprint density at radius 3 is 2.63 bits per heavy atom. The quantitative estimate of drug-likeness (QED) is 0.840. The smallest absolute Gasteiger partial charge is 0.135 e. The van der Waals surface area contributed by atoms with Crippen LogP contribution < -0.4 is 10.2 Å². The normalized spacial score (nSPS) is 15.9. The largest absolute Gasteiger partial charge is 0.369 e. The number of nitrogens with one attached hydrogen (secondary N) is 1. The zero-order valence-corrected chi connectivity index (χ0v) is 17.6. The Morgan fingerprint density at radius 1 is 1.19 bits per heavy atom. The number of hydrogen-bond donors (Lipinski definition) is 1. The van der Waals surface area contributed by atoms with E-state index in [-0.39, 0.29) is 5.41 Å². The van der Waals surface area contributed by atoms with Gasteiger partial charge in [-0.1, -0.05) is 52.0 Å². The summed E-state index contributed by atoms with van der Waals surface area (Å²) < 4.78 is 0. The van der Waals surface area contributed by atoms with Gasteiger partial charge in [0.2, 0.25) is 0 Å². The highest BCUT2D eigenvalue weighted by Crippen LogP contribution is 2.35. The van der Waals surface area contributed by atoms with Crippen molar-refractivity contribution >= 4 is 11.6 Å². The maximum Gasteiger partial charge on any atom is 0.135 e. The number of rotatable bonds is 6. The molecule has 146 valence electrons. The molecule has 0 fully saturated rings. The van der Waals surface area contributed by atoms with E-state index < -0.39 is 0 Å². The van der Waals surface area contributed by atoms with Crippen LogP contribution in [0.5, 0.6) is 0 Å². The van der Waals surface area contributed by atoms with E-state index in [0.29, 0.717) is 5.92 Å². The Hall–Kier alpha value is -2.14. The molecule has 5 heteroatoms. The Morgan fingerprint density at radius 2 is 1.93 bits per heavy atom. The molecule has 0 amide bonds. The van der Waals surface area contributed by atoms with Crippen molar-refractivity contribution in [2.24, 2.45) is 0 Å². The molecule has 2 aromatic rings. The van der Waals surface area contributed by atoms with Gasteiger partial charge in [0.15, 0.2) is 0 Å². The number of hydrogen-bond acceptors (Lipinski definition) is 5. The van der Waals surface area contributed by atoms with Crippen LogP contribution in [0.1, 0.15) is 50.6 Å².